The minimum atomic E-state index is -0.366. The first-order valence-corrected chi connectivity index (χ1v) is 9.47. The fourth-order valence-corrected chi connectivity index (χ4v) is 3.35. The van der Waals surface area contributed by atoms with E-state index in [1.807, 2.05) is 66.1 Å². The summed E-state index contributed by atoms with van der Waals surface area (Å²) in [4.78, 5) is 13.7. The van der Waals surface area contributed by atoms with E-state index in [1.54, 1.807) is 29.8 Å². The molecule has 3 N–H and O–H groups in total. The third-order valence-corrected chi connectivity index (χ3v) is 4.99. The number of nitrogens with one attached hydrogen (secondary N) is 1. The molecule has 2 aromatic heterocycles. The van der Waals surface area contributed by atoms with Crippen LogP contribution in [-0.2, 0) is 0 Å². The van der Waals surface area contributed by atoms with Crippen LogP contribution in [0.1, 0.15) is 16.1 Å². The number of nitrogens with two attached hydrogens (primary N) is 1. The molecule has 0 unspecified atom stereocenters. The summed E-state index contributed by atoms with van der Waals surface area (Å²) in [5.74, 6) is -0.366. The predicted octanol–water partition coefficient (Wildman–Crippen LogP) is 4.47. The van der Waals surface area contributed by atoms with Crippen molar-refractivity contribution in [2.24, 2.45) is 0 Å². The molecule has 0 bridgehead atoms. The third kappa shape index (κ3) is 3.99. The number of hydrogen-bond donors (Lipinski definition) is 2. The molecule has 7 heteroatoms. The molecule has 138 valence electrons. The van der Waals surface area contributed by atoms with Gasteiger partial charge >= 0.3 is 0 Å². The van der Waals surface area contributed by atoms with E-state index in [9.17, 15) is 4.79 Å². The van der Waals surface area contributed by atoms with Crippen LogP contribution < -0.4 is 11.1 Å². The first kappa shape index (κ1) is 17.7. The van der Waals surface area contributed by atoms with Crippen LogP contribution in [0, 0.1) is 0 Å². The zero-order valence-corrected chi connectivity index (χ0v) is 15.6. The lowest BCUT2D eigenvalue weighted by atomic mass is 10.1. The molecule has 6 nitrogen and oxygen atoms in total. The van der Waals surface area contributed by atoms with Crippen LogP contribution in [0.15, 0.2) is 72.2 Å². The molecule has 0 aliphatic carbocycles. The van der Waals surface area contributed by atoms with E-state index in [0.29, 0.717) is 11.4 Å². The smallest absolute Gasteiger partial charge is 0.277 e. The zero-order valence-electron chi connectivity index (χ0n) is 14.8. The van der Waals surface area contributed by atoms with Gasteiger partial charge in [0.05, 0.1) is 17.6 Å². The molecular weight excluding hydrogens is 370 g/mol. The van der Waals surface area contributed by atoms with Crippen LogP contribution in [0.4, 0.5) is 11.4 Å². The van der Waals surface area contributed by atoms with Gasteiger partial charge in [0.1, 0.15) is 0 Å². The van der Waals surface area contributed by atoms with E-state index in [0.717, 1.165) is 16.0 Å². The van der Waals surface area contributed by atoms with Crippen molar-refractivity contribution in [2.45, 2.75) is 0 Å². The summed E-state index contributed by atoms with van der Waals surface area (Å²) in [7, 11) is 0. The van der Waals surface area contributed by atoms with Crippen LogP contribution in [0.3, 0.4) is 0 Å². The van der Waals surface area contributed by atoms with E-state index >= 15 is 0 Å². The maximum absolute atomic E-state index is 12.5. The van der Waals surface area contributed by atoms with E-state index in [4.69, 9.17) is 5.73 Å². The van der Waals surface area contributed by atoms with E-state index in [-0.39, 0.29) is 11.6 Å². The number of benzene rings is 2. The largest absolute Gasteiger partial charge is 0.397 e. The molecular formula is C21H17N5OS. The molecule has 0 saturated carbocycles. The van der Waals surface area contributed by atoms with Crippen molar-refractivity contribution in [3.05, 3.63) is 83.5 Å². The lowest BCUT2D eigenvalue weighted by molar-refractivity contribution is 0.102. The highest BCUT2D eigenvalue weighted by molar-refractivity contribution is 7.13. The van der Waals surface area contributed by atoms with Crippen LogP contribution in [0.2, 0.25) is 0 Å². The number of anilines is 2. The van der Waals surface area contributed by atoms with Crippen molar-refractivity contribution in [1.82, 2.24) is 15.0 Å². The molecule has 2 heterocycles. The van der Waals surface area contributed by atoms with Crippen molar-refractivity contribution in [3.8, 4) is 10.4 Å². The van der Waals surface area contributed by atoms with Crippen LogP contribution >= 0.6 is 11.3 Å². The van der Waals surface area contributed by atoms with E-state index < -0.39 is 0 Å². The van der Waals surface area contributed by atoms with Crippen LogP contribution in [0.25, 0.3) is 22.7 Å². The summed E-state index contributed by atoms with van der Waals surface area (Å²) in [5.41, 5.74) is 9.29. The molecule has 28 heavy (non-hydrogen) atoms. The second-order valence-corrected chi connectivity index (χ2v) is 6.99. The SMILES string of the molecule is Nc1ccc(-c2cccs2)cc1NC(=O)c1cn(/C=C/c2ccccc2)nn1. The molecule has 1 amide bonds. The number of nitrogen functional groups attached to an aromatic ring is 1. The minimum absolute atomic E-state index is 0.207. The zero-order chi connectivity index (χ0) is 19.3. The first-order valence-electron chi connectivity index (χ1n) is 8.59. The quantitative estimate of drug-likeness (QED) is 0.495. The molecule has 0 aliphatic rings. The average Bonchev–Trinajstić information content (AvgIpc) is 3.41. The Hall–Kier alpha value is -3.71. The highest BCUT2D eigenvalue weighted by Gasteiger charge is 2.13. The topological polar surface area (TPSA) is 85.8 Å². The second kappa shape index (κ2) is 7.89. The third-order valence-electron chi connectivity index (χ3n) is 4.07. The first-order chi connectivity index (χ1) is 13.7. The van der Waals surface area contributed by atoms with Gasteiger partial charge in [0, 0.05) is 11.1 Å². The lowest BCUT2D eigenvalue weighted by Gasteiger charge is -2.08. The molecule has 0 saturated heterocycles. The van der Waals surface area contributed by atoms with Gasteiger partial charge in [-0.25, -0.2) is 4.68 Å². The lowest BCUT2D eigenvalue weighted by Crippen LogP contribution is -2.13. The summed E-state index contributed by atoms with van der Waals surface area (Å²) in [6, 6.07) is 19.4. The van der Waals surface area contributed by atoms with E-state index in [2.05, 4.69) is 15.6 Å². The Morgan fingerprint density at radius 1 is 1.11 bits per heavy atom. The standard InChI is InChI=1S/C21H17N5OS/c22-17-9-8-16(20-7-4-12-28-20)13-18(17)23-21(27)19-14-26(25-24-19)11-10-15-5-2-1-3-6-15/h1-14H,22H2,(H,23,27)/b11-10+. The van der Waals surface area contributed by atoms with Gasteiger partial charge < -0.3 is 11.1 Å². The number of nitrogens with zero attached hydrogens (tertiary/aromatic N) is 3. The fourth-order valence-electron chi connectivity index (χ4n) is 2.63. The average molecular weight is 387 g/mol. The number of thiophene rings is 1. The highest BCUT2D eigenvalue weighted by Crippen LogP contribution is 2.30. The van der Waals surface area contributed by atoms with Crippen LogP contribution in [-0.4, -0.2) is 20.9 Å². The van der Waals surface area contributed by atoms with Gasteiger partial charge in [0.25, 0.3) is 5.91 Å². The molecule has 0 radical (unpaired) electrons. The van der Waals surface area contributed by atoms with Crippen LogP contribution in [0.5, 0.6) is 0 Å². The summed E-state index contributed by atoms with van der Waals surface area (Å²) in [6.45, 7) is 0. The number of hydrogen-bond acceptors (Lipinski definition) is 5. The van der Waals surface area contributed by atoms with Gasteiger partial charge in [0.2, 0.25) is 0 Å². The number of carbonyl (C=O) groups excluding carboxylic acids is 1. The minimum Gasteiger partial charge on any atom is -0.397 e. The van der Waals surface area contributed by atoms with Gasteiger partial charge in [-0.1, -0.05) is 47.7 Å². The summed E-state index contributed by atoms with van der Waals surface area (Å²) in [6.07, 6.45) is 5.19. The number of aromatic nitrogens is 3. The molecule has 0 aliphatic heterocycles. The Morgan fingerprint density at radius 3 is 2.75 bits per heavy atom. The molecule has 0 fully saturated rings. The Morgan fingerprint density at radius 2 is 1.96 bits per heavy atom. The summed E-state index contributed by atoms with van der Waals surface area (Å²) >= 11 is 1.63. The Labute approximate surface area is 165 Å². The Bertz CT molecular complexity index is 1120. The summed E-state index contributed by atoms with van der Waals surface area (Å²) in [5, 5.41) is 12.7. The number of carbonyl (C=O) groups is 1. The molecule has 2 aromatic carbocycles. The monoisotopic (exact) mass is 387 g/mol. The van der Waals surface area contributed by atoms with Crippen molar-refractivity contribution >= 4 is 40.9 Å². The van der Waals surface area contributed by atoms with Crippen molar-refractivity contribution in [2.75, 3.05) is 11.1 Å². The molecule has 4 aromatic rings. The van der Waals surface area contributed by atoms with E-state index in [1.165, 1.54) is 4.68 Å². The molecule has 0 spiro atoms. The fraction of sp³-hybridized carbons (Fsp3) is 0. The van der Waals surface area contributed by atoms with Crippen molar-refractivity contribution in [1.29, 1.82) is 0 Å². The van der Waals surface area contributed by atoms with Gasteiger partial charge in [0.15, 0.2) is 5.69 Å². The Balaban J connectivity index is 1.49. The predicted molar refractivity (Wildman–Crippen MR) is 114 cm³/mol. The van der Waals surface area contributed by atoms with Gasteiger partial charge in [-0.15, -0.1) is 16.4 Å². The summed E-state index contributed by atoms with van der Waals surface area (Å²) < 4.78 is 1.49. The molecule has 0 atom stereocenters. The highest BCUT2D eigenvalue weighted by atomic mass is 32.1. The maximum atomic E-state index is 12.5. The number of amides is 1. The second-order valence-electron chi connectivity index (χ2n) is 6.04. The van der Waals surface area contributed by atoms with Gasteiger partial charge in [-0.05, 0) is 40.8 Å². The molecule has 4 rings (SSSR count). The van der Waals surface area contributed by atoms with Gasteiger partial charge in [-0.3, -0.25) is 4.79 Å². The van der Waals surface area contributed by atoms with Crippen molar-refractivity contribution < 1.29 is 4.79 Å². The maximum Gasteiger partial charge on any atom is 0.277 e. The number of rotatable bonds is 5. The Kier molecular flexibility index (Phi) is 4.99. The van der Waals surface area contributed by atoms with Gasteiger partial charge in [-0.2, -0.15) is 0 Å². The normalized spacial score (nSPS) is 11.0. The van der Waals surface area contributed by atoms with Crippen molar-refractivity contribution in [3.63, 3.8) is 0 Å².